The maximum absolute atomic E-state index is 11.7. The number of alkyl carbamates (subject to hydrolysis) is 1. The summed E-state index contributed by atoms with van der Waals surface area (Å²) in [5.41, 5.74) is 0.891. The molecule has 0 saturated carbocycles. The molecule has 19 heavy (non-hydrogen) atoms. The average molecular weight is 264 g/mol. The number of rotatable bonds is 4. The van der Waals surface area contributed by atoms with Crippen molar-refractivity contribution in [2.24, 2.45) is 0 Å². The van der Waals surface area contributed by atoms with Gasteiger partial charge in [-0.05, 0) is 12.5 Å². The monoisotopic (exact) mass is 264 g/mol. The van der Waals surface area contributed by atoms with Crippen LogP contribution in [-0.4, -0.2) is 36.3 Å². The highest BCUT2D eigenvalue weighted by atomic mass is 16.7. The van der Waals surface area contributed by atoms with Crippen molar-refractivity contribution in [3.63, 3.8) is 0 Å². The second-order valence-electron chi connectivity index (χ2n) is 4.09. The number of hydrogen-bond donors (Lipinski definition) is 1. The van der Waals surface area contributed by atoms with Crippen LogP contribution in [-0.2, 0) is 21.0 Å². The van der Waals surface area contributed by atoms with Gasteiger partial charge in [0.15, 0.2) is 0 Å². The van der Waals surface area contributed by atoms with Crippen LogP contribution >= 0.6 is 0 Å². The summed E-state index contributed by atoms with van der Waals surface area (Å²) < 4.78 is 5.03. The Labute approximate surface area is 111 Å². The lowest BCUT2D eigenvalue weighted by atomic mass is 10.2. The van der Waals surface area contributed by atoms with Gasteiger partial charge in [-0.15, -0.1) is 0 Å². The van der Waals surface area contributed by atoms with E-state index in [-0.39, 0.29) is 19.1 Å². The van der Waals surface area contributed by atoms with Gasteiger partial charge in [-0.25, -0.2) is 9.86 Å². The van der Waals surface area contributed by atoms with Gasteiger partial charge >= 0.3 is 6.09 Å². The molecule has 6 heteroatoms. The SMILES string of the molecule is CCN1OCC(NC(=O)OCc2ccccc2)C1=O. The molecule has 2 amide bonds. The summed E-state index contributed by atoms with van der Waals surface area (Å²) in [5.74, 6) is -0.251. The number of benzene rings is 1. The quantitative estimate of drug-likeness (QED) is 0.883. The van der Waals surface area contributed by atoms with E-state index < -0.39 is 12.1 Å². The second kappa shape index (κ2) is 6.19. The number of carbonyl (C=O) groups is 2. The number of nitrogens with one attached hydrogen (secondary N) is 1. The van der Waals surface area contributed by atoms with Crippen LogP contribution in [0.2, 0.25) is 0 Å². The zero-order chi connectivity index (χ0) is 13.7. The first kappa shape index (κ1) is 13.4. The number of carbonyl (C=O) groups excluding carboxylic acids is 2. The van der Waals surface area contributed by atoms with Gasteiger partial charge in [0, 0.05) is 6.54 Å². The van der Waals surface area contributed by atoms with Crippen LogP contribution in [0.3, 0.4) is 0 Å². The van der Waals surface area contributed by atoms with Gasteiger partial charge in [-0.2, -0.15) is 0 Å². The first-order chi connectivity index (χ1) is 9.20. The van der Waals surface area contributed by atoms with Gasteiger partial charge in [-0.3, -0.25) is 9.63 Å². The summed E-state index contributed by atoms with van der Waals surface area (Å²) in [6.45, 7) is 2.57. The molecule has 1 aromatic carbocycles. The van der Waals surface area contributed by atoms with Crippen molar-refractivity contribution in [2.45, 2.75) is 19.6 Å². The van der Waals surface area contributed by atoms with E-state index in [1.165, 1.54) is 5.06 Å². The highest BCUT2D eigenvalue weighted by Crippen LogP contribution is 2.07. The van der Waals surface area contributed by atoms with Crippen LogP contribution in [0.1, 0.15) is 12.5 Å². The highest BCUT2D eigenvalue weighted by Gasteiger charge is 2.33. The lowest BCUT2D eigenvalue weighted by Gasteiger charge is -2.12. The molecule has 2 rings (SSSR count). The Morgan fingerprint density at radius 2 is 2.21 bits per heavy atom. The molecule has 1 aliphatic rings. The normalized spacial score (nSPS) is 18.5. The molecule has 0 spiro atoms. The molecule has 0 aromatic heterocycles. The van der Waals surface area contributed by atoms with Crippen molar-refractivity contribution >= 4 is 12.0 Å². The number of hydroxylamine groups is 2. The number of hydrogen-bond acceptors (Lipinski definition) is 4. The minimum absolute atomic E-state index is 0.146. The summed E-state index contributed by atoms with van der Waals surface area (Å²) in [6.07, 6.45) is -0.622. The fraction of sp³-hybridized carbons (Fsp3) is 0.385. The van der Waals surface area contributed by atoms with E-state index in [2.05, 4.69) is 5.32 Å². The van der Waals surface area contributed by atoms with Crippen molar-refractivity contribution in [3.05, 3.63) is 35.9 Å². The number of nitrogens with zero attached hydrogens (tertiary/aromatic N) is 1. The minimum atomic E-state index is -0.664. The Balaban J connectivity index is 1.78. The Morgan fingerprint density at radius 1 is 1.47 bits per heavy atom. The first-order valence-corrected chi connectivity index (χ1v) is 6.12. The van der Waals surface area contributed by atoms with Crippen LogP contribution in [0.25, 0.3) is 0 Å². The molecule has 1 fully saturated rings. The highest BCUT2D eigenvalue weighted by molar-refractivity contribution is 5.86. The predicted octanol–water partition coefficient (Wildman–Crippen LogP) is 1.08. The molecule has 1 aliphatic heterocycles. The second-order valence-corrected chi connectivity index (χ2v) is 4.09. The van der Waals surface area contributed by atoms with Crippen LogP contribution in [0.15, 0.2) is 30.3 Å². The molecule has 1 aromatic rings. The molecule has 1 heterocycles. The summed E-state index contributed by atoms with van der Waals surface area (Å²) in [4.78, 5) is 28.3. The summed E-state index contributed by atoms with van der Waals surface area (Å²) >= 11 is 0. The fourth-order valence-electron chi connectivity index (χ4n) is 1.73. The van der Waals surface area contributed by atoms with E-state index in [0.717, 1.165) is 5.56 Å². The van der Waals surface area contributed by atoms with Crippen molar-refractivity contribution < 1.29 is 19.2 Å². The predicted molar refractivity (Wildman–Crippen MR) is 66.9 cm³/mol. The maximum atomic E-state index is 11.7. The average Bonchev–Trinajstić information content (AvgIpc) is 2.78. The smallest absolute Gasteiger partial charge is 0.408 e. The molecular weight excluding hydrogens is 248 g/mol. The summed E-state index contributed by atoms with van der Waals surface area (Å²) in [5, 5.41) is 3.71. The molecule has 1 atom stereocenters. The molecule has 1 unspecified atom stereocenters. The third-order valence-electron chi connectivity index (χ3n) is 2.73. The number of ether oxygens (including phenoxy) is 1. The van der Waals surface area contributed by atoms with Gasteiger partial charge in [0.2, 0.25) is 0 Å². The topological polar surface area (TPSA) is 67.9 Å². The molecule has 1 saturated heterocycles. The molecule has 1 N–H and O–H groups in total. The maximum Gasteiger partial charge on any atom is 0.408 e. The van der Waals surface area contributed by atoms with Gasteiger partial charge < -0.3 is 10.1 Å². The number of likely N-dealkylation sites (N-methyl/N-ethyl adjacent to an activating group) is 1. The van der Waals surface area contributed by atoms with Gasteiger partial charge in [-0.1, -0.05) is 30.3 Å². The lowest BCUT2D eigenvalue weighted by Crippen LogP contribution is -2.42. The Hall–Kier alpha value is -2.08. The summed E-state index contributed by atoms with van der Waals surface area (Å²) in [7, 11) is 0. The van der Waals surface area contributed by atoms with E-state index in [0.29, 0.717) is 6.54 Å². The van der Waals surface area contributed by atoms with E-state index in [1.54, 1.807) is 6.92 Å². The fourth-order valence-corrected chi connectivity index (χ4v) is 1.73. The Bertz CT molecular complexity index is 449. The van der Waals surface area contributed by atoms with E-state index in [1.807, 2.05) is 30.3 Å². The minimum Gasteiger partial charge on any atom is -0.445 e. The van der Waals surface area contributed by atoms with Crippen molar-refractivity contribution in [3.8, 4) is 0 Å². The van der Waals surface area contributed by atoms with Crippen LogP contribution in [0, 0.1) is 0 Å². The number of amides is 2. The Kier molecular flexibility index (Phi) is 4.35. The van der Waals surface area contributed by atoms with Gasteiger partial charge in [0.25, 0.3) is 5.91 Å². The first-order valence-electron chi connectivity index (χ1n) is 6.12. The van der Waals surface area contributed by atoms with Crippen LogP contribution in [0.5, 0.6) is 0 Å². The molecule has 0 radical (unpaired) electrons. The molecular formula is C13H16N2O4. The van der Waals surface area contributed by atoms with Crippen molar-refractivity contribution in [1.82, 2.24) is 10.4 Å². The molecule has 0 aliphatic carbocycles. The zero-order valence-electron chi connectivity index (χ0n) is 10.7. The largest absolute Gasteiger partial charge is 0.445 e. The van der Waals surface area contributed by atoms with Crippen LogP contribution < -0.4 is 5.32 Å². The third kappa shape index (κ3) is 3.45. The Morgan fingerprint density at radius 3 is 2.84 bits per heavy atom. The summed E-state index contributed by atoms with van der Waals surface area (Å²) in [6, 6.07) is 8.67. The van der Waals surface area contributed by atoms with Crippen LogP contribution in [0.4, 0.5) is 4.79 Å². The van der Waals surface area contributed by atoms with Gasteiger partial charge in [0.05, 0.1) is 0 Å². The van der Waals surface area contributed by atoms with E-state index in [9.17, 15) is 9.59 Å². The third-order valence-corrected chi connectivity index (χ3v) is 2.73. The lowest BCUT2D eigenvalue weighted by molar-refractivity contribution is -0.160. The van der Waals surface area contributed by atoms with Crippen molar-refractivity contribution in [2.75, 3.05) is 13.2 Å². The van der Waals surface area contributed by atoms with Crippen molar-refractivity contribution in [1.29, 1.82) is 0 Å². The standard InChI is InChI=1S/C13H16N2O4/c1-2-15-12(16)11(9-19-15)14-13(17)18-8-10-6-4-3-5-7-10/h3-7,11H,2,8-9H2,1H3,(H,14,17). The molecule has 6 nitrogen and oxygen atoms in total. The molecule has 0 bridgehead atoms. The molecule has 102 valence electrons. The van der Waals surface area contributed by atoms with E-state index in [4.69, 9.17) is 9.57 Å². The van der Waals surface area contributed by atoms with Gasteiger partial charge in [0.1, 0.15) is 19.3 Å². The zero-order valence-corrected chi connectivity index (χ0v) is 10.7. The van der Waals surface area contributed by atoms with E-state index >= 15 is 0 Å².